The fourth-order valence-electron chi connectivity index (χ4n) is 3.57. The molecule has 144 valence electrons. The van der Waals surface area contributed by atoms with Crippen LogP contribution in [0.4, 0.5) is 0 Å². The molecule has 0 unspecified atom stereocenters. The minimum Gasteiger partial charge on any atom is -0.481 e. The molecule has 1 aliphatic rings. The Morgan fingerprint density at radius 2 is 1.50 bits per heavy atom. The highest BCUT2D eigenvalue weighted by Crippen LogP contribution is 2.50. The maximum Gasteiger partial charge on any atom is 0.309 e. The van der Waals surface area contributed by atoms with Crippen LogP contribution in [0, 0.1) is 24.7 Å². The minimum atomic E-state index is -0.749. The van der Waals surface area contributed by atoms with Gasteiger partial charge in [0.2, 0.25) is 0 Å². The van der Waals surface area contributed by atoms with Crippen molar-refractivity contribution in [3.8, 4) is 0 Å². The SMILES string of the molecule is Cc1cc(CCCC(C)(C)C(=O)O)c(CCCC2(C(=O)O)CC2)cc1C. The van der Waals surface area contributed by atoms with E-state index >= 15 is 0 Å². The van der Waals surface area contributed by atoms with E-state index in [0.29, 0.717) is 6.42 Å². The second-order valence-corrected chi connectivity index (χ2v) is 8.69. The molecule has 1 aliphatic carbocycles. The summed E-state index contributed by atoms with van der Waals surface area (Å²) >= 11 is 0. The Kier molecular flexibility index (Phi) is 6.15. The van der Waals surface area contributed by atoms with Crippen LogP contribution < -0.4 is 0 Å². The predicted molar refractivity (Wildman–Crippen MR) is 103 cm³/mol. The van der Waals surface area contributed by atoms with E-state index in [1.807, 2.05) is 0 Å². The summed E-state index contributed by atoms with van der Waals surface area (Å²) in [6, 6.07) is 4.45. The van der Waals surface area contributed by atoms with Crippen LogP contribution in [0.5, 0.6) is 0 Å². The summed E-state index contributed by atoms with van der Waals surface area (Å²) in [5, 5.41) is 18.6. The Morgan fingerprint density at radius 1 is 1.00 bits per heavy atom. The first-order chi connectivity index (χ1) is 12.1. The molecule has 0 atom stereocenters. The third kappa shape index (κ3) is 4.87. The summed E-state index contributed by atoms with van der Waals surface area (Å²) < 4.78 is 0. The van der Waals surface area contributed by atoms with Crippen molar-refractivity contribution in [1.82, 2.24) is 0 Å². The summed E-state index contributed by atoms with van der Waals surface area (Å²) in [6.07, 6.45) is 6.53. The highest BCUT2D eigenvalue weighted by atomic mass is 16.4. The van der Waals surface area contributed by atoms with Gasteiger partial charge in [-0.3, -0.25) is 9.59 Å². The first-order valence-corrected chi connectivity index (χ1v) is 9.63. The standard InChI is InChI=1S/C22H32O4/c1-15-13-17(7-5-9-21(3,4)19(23)24)18(14-16(15)2)8-6-10-22(11-12-22)20(25)26/h13-14H,5-12H2,1-4H3,(H,23,24)(H,25,26). The van der Waals surface area contributed by atoms with Crippen LogP contribution in [0.2, 0.25) is 0 Å². The molecule has 0 amide bonds. The van der Waals surface area contributed by atoms with Crippen molar-refractivity contribution in [2.45, 2.75) is 79.1 Å². The Balaban J connectivity index is 2.00. The molecule has 0 saturated heterocycles. The van der Waals surface area contributed by atoms with Gasteiger partial charge in [-0.25, -0.2) is 0 Å². The highest BCUT2D eigenvalue weighted by molar-refractivity contribution is 5.77. The van der Waals surface area contributed by atoms with E-state index in [4.69, 9.17) is 0 Å². The summed E-state index contributed by atoms with van der Waals surface area (Å²) in [5.41, 5.74) is 3.95. The molecule has 1 saturated carbocycles. The Hall–Kier alpha value is -1.84. The lowest BCUT2D eigenvalue weighted by Gasteiger charge is -2.20. The molecule has 0 aromatic heterocycles. The smallest absolute Gasteiger partial charge is 0.309 e. The Bertz CT molecular complexity index is 637. The molecular weight excluding hydrogens is 328 g/mol. The summed E-state index contributed by atoms with van der Waals surface area (Å²) in [4.78, 5) is 22.6. The van der Waals surface area contributed by atoms with E-state index in [2.05, 4.69) is 26.0 Å². The van der Waals surface area contributed by atoms with Gasteiger partial charge in [0.25, 0.3) is 0 Å². The quantitative estimate of drug-likeness (QED) is 0.621. The maximum atomic E-state index is 11.3. The van der Waals surface area contributed by atoms with Crippen molar-refractivity contribution >= 4 is 11.9 Å². The molecule has 0 spiro atoms. The highest BCUT2D eigenvalue weighted by Gasteiger charge is 2.49. The fourth-order valence-corrected chi connectivity index (χ4v) is 3.57. The molecule has 1 aromatic rings. The average molecular weight is 360 g/mol. The molecule has 4 nitrogen and oxygen atoms in total. The van der Waals surface area contributed by atoms with E-state index in [1.165, 1.54) is 22.3 Å². The monoisotopic (exact) mass is 360 g/mol. The van der Waals surface area contributed by atoms with Crippen LogP contribution >= 0.6 is 0 Å². The normalized spacial score (nSPS) is 15.7. The summed E-state index contributed by atoms with van der Waals surface area (Å²) in [6.45, 7) is 7.76. The predicted octanol–water partition coefficient (Wildman–Crippen LogP) is 4.92. The van der Waals surface area contributed by atoms with Crippen molar-refractivity contribution in [3.05, 3.63) is 34.4 Å². The fraction of sp³-hybridized carbons (Fsp3) is 0.636. The molecule has 1 aromatic carbocycles. The second-order valence-electron chi connectivity index (χ2n) is 8.69. The topological polar surface area (TPSA) is 74.6 Å². The van der Waals surface area contributed by atoms with Crippen molar-refractivity contribution in [1.29, 1.82) is 0 Å². The van der Waals surface area contributed by atoms with Gasteiger partial charge in [0.1, 0.15) is 0 Å². The largest absolute Gasteiger partial charge is 0.481 e. The number of rotatable bonds is 10. The van der Waals surface area contributed by atoms with Gasteiger partial charge in [0, 0.05) is 0 Å². The van der Waals surface area contributed by atoms with Gasteiger partial charge in [-0.15, -0.1) is 0 Å². The summed E-state index contributed by atoms with van der Waals surface area (Å²) in [5.74, 6) is -1.39. The van der Waals surface area contributed by atoms with Crippen molar-refractivity contribution in [2.24, 2.45) is 10.8 Å². The Labute approximate surface area is 156 Å². The van der Waals surface area contributed by atoms with Crippen molar-refractivity contribution in [3.63, 3.8) is 0 Å². The van der Waals surface area contributed by atoms with Crippen LogP contribution in [-0.2, 0) is 22.4 Å². The molecule has 1 fully saturated rings. The van der Waals surface area contributed by atoms with Crippen LogP contribution in [0.25, 0.3) is 0 Å². The third-order valence-electron chi connectivity index (χ3n) is 6.05. The van der Waals surface area contributed by atoms with Gasteiger partial charge in [-0.2, -0.15) is 0 Å². The maximum absolute atomic E-state index is 11.3. The van der Waals surface area contributed by atoms with Gasteiger partial charge in [0.05, 0.1) is 10.8 Å². The zero-order chi connectivity index (χ0) is 19.5. The van der Waals surface area contributed by atoms with Crippen LogP contribution in [0.1, 0.15) is 74.6 Å². The molecule has 0 radical (unpaired) electrons. The number of hydrogen-bond acceptors (Lipinski definition) is 2. The molecule has 2 rings (SSSR count). The number of aliphatic carboxylic acids is 2. The Morgan fingerprint density at radius 3 is 1.92 bits per heavy atom. The number of carboxylic acids is 2. The van der Waals surface area contributed by atoms with Crippen molar-refractivity contribution in [2.75, 3.05) is 0 Å². The van der Waals surface area contributed by atoms with Gasteiger partial charge in [0.15, 0.2) is 0 Å². The molecule has 0 aliphatic heterocycles. The van der Waals surface area contributed by atoms with Gasteiger partial charge < -0.3 is 10.2 Å². The molecule has 2 N–H and O–H groups in total. The van der Waals surface area contributed by atoms with Crippen LogP contribution in [0.3, 0.4) is 0 Å². The van der Waals surface area contributed by atoms with Gasteiger partial charge >= 0.3 is 11.9 Å². The van der Waals surface area contributed by atoms with Gasteiger partial charge in [-0.1, -0.05) is 12.1 Å². The second kappa shape index (κ2) is 7.81. The number of benzene rings is 1. The number of carboxylic acid groups (broad SMARTS) is 2. The lowest BCUT2D eigenvalue weighted by Crippen LogP contribution is -2.23. The van der Waals surface area contributed by atoms with Gasteiger partial charge in [-0.05, 0) is 101 Å². The zero-order valence-corrected chi connectivity index (χ0v) is 16.5. The third-order valence-corrected chi connectivity index (χ3v) is 6.05. The number of carbonyl (C=O) groups is 2. The first-order valence-electron chi connectivity index (χ1n) is 9.63. The van der Waals surface area contributed by atoms with Crippen LogP contribution in [0.15, 0.2) is 12.1 Å². The summed E-state index contributed by atoms with van der Waals surface area (Å²) in [7, 11) is 0. The molecule has 0 heterocycles. The first kappa shape index (κ1) is 20.5. The number of aryl methyl sites for hydroxylation is 4. The average Bonchev–Trinajstić information content (AvgIpc) is 3.32. The lowest BCUT2D eigenvalue weighted by atomic mass is 9.85. The molecular formula is C22H32O4. The minimum absolute atomic E-state index is 0.453. The van der Waals surface area contributed by atoms with E-state index in [0.717, 1.165) is 44.9 Å². The lowest BCUT2D eigenvalue weighted by molar-refractivity contribution is -0.147. The molecule has 26 heavy (non-hydrogen) atoms. The van der Waals surface area contributed by atoms with E-state index in [9.17, 15) is 19.8 Å². The molecule has 0 bridgehead atoms. The molecule has 4 heteroatoms. The van der Waals surface area contributed by atoms with Crippen molar-refractivity contribution < 1.29 is 19.8 Å². The van der Waals surface area contributed by atoms with E-state index in [-0.39, 0.29) is 0 Å². The van der Waals surface area contributed by atoms with Crippen LogP contribution in [-0.4, -0.2) is 22.2 Å². The van der Waals surface area contributed by atoms with E-state index in [1.54, 1.807) is 13.8 Å². The zero-order valence-electron chi connectivity index (χ0n) is 16.5. The van der Waals surface area contributed by atoms with E-state index < -0.39 is 22.8 Å². The number of hydrogen-bond donors (Lipinski definition) is 2.